The van der Waals surface area contributed by atoms with Crippen LogP contribution in [0.2, 0.25) is 0 Å². The molecule has 1 unspecified atom stereocenters. The second kappa shape index (κ2) is 8.89. The molecule has 20 heavy (non-hydrogen) atoms. The van der Waals surface area contributed by atoms with Crippen molar-refractivity contribution in [2.45, 2.75) is 13.0 Å². The van der Waals surface area contributed by atoms with Crippen LogP contribution in [0.15, 0.2) is 0 Å². The summed E-state index contributed by atoms with van der Waals surface area (Å²) in [6, 6.07) is 0. The average Bonchev–Trinajstić information content (AvgIpc) is 2.46. The zero-order chi connectivity index (χ0) is 15.0. The van der Waals surface area contributed by atoms with Crippen LogP contribution in [0.4, 0.5) is 0 Å². The van der Waals surface area contributed by atoms with Crippen molar-refractivity contribution in [1.82, 2.24) is 9.80 Å². The minimum absolute atomic E-state index is 0.0157. The number of methoxy groups -OCH3 is 2. The van der Waals surface area contributed by atoms with E-state index in [9.17, 15) is 9.59 Å². The molecule has 0 bridgehead atoms. The predicted octanol–water partition coefficient (Wildman–Crippen LogP) is -0.645. The van der Waals surface area contributed by atoms with Crippen molar-refractivity contribution in [1.29, 1.82) is 0 Å². The van der Waals surface area contributed by atoms with Gasteiger partial charge in [-0.25, -0.2) is 0 Å². The minimum Gasteiger partial charge on any atom is -0.468 e. The first kappa shape index (κ1) is 16.9. The lowest BCUT2D eigenvalue weighted by molar-refractivity contribution is -0.146. The Morgan fingerprint density at radius 3 is 2.35 bits per heavy atom. The van der Waals surface area contributed by atoms with Crippen molar-refractivity contribution in [2.24, 2.45) is 0 Å². The minimum atomic E-state index is -0.378. The molecule has 1 fully saturated rings. The van der Waals surface area contributed by atoms with Crippen LogP contribution in [0.1, 0.15) is 6.92 Å². The zero-order valence-electron chi connectivity index (χ0n) is 12.5. The number of hydrogen-bond donors (Lipinski definition) is 0. The number of carbonyl (C=O) groups is 2. The molecule has 1 aliphatic rings. The van der Waals surface area contributed by atoms with E-state index in [1.54, 1.807) is 4.90 Å². The average molecular weight is 288 g/mol. The van der Waals surface area contributed by atoms with Gasteiger partial charge in [-0.1, -0.05) is 6.92 Å². The Morgan fingerprint density at radius 2 is 1.85 bits per heavy atom. The number of esters is 2. The highest BCUT2D eigenvalue weighted by atomic mass is 16.5. The maximum atomic E-state index is 11.4. The third-order valence-corrected chi connectivity index (χ3v) is 3.29. The van der Waals surface area contributed by atoms with Crippen LogP contribution in [0.25, 0.3) is 0 Å². The van der Waals surface area contributed by atoms with Crippen LogP contribution < -0.4 is 0 Å². The molecule has 1 saturated heterocycles. The molecule has 1 atom stereocenters. The summed E-state index contributed by atoms with van der Waals surface area (Å²) in [5.74, 6) is -0.755. The van der Waals surface area contributed by atoms with Gasteiger partial charge in [-0.05, 0) is 6.54 Å². The highest BCUT2D eigenvalue weighted by molar-refractivity contribution is 5.74. The fourth-order valence-corrected chi connectivity index (χ4v) is 2.15. The molecule has 1 heterocycles. The van der Waals surface area contributed by atoms with Crippen molar-refractivity contribution >= 4 is 11.9 Å². The van der Waals surface area contributed by atoms with E-state index < -0.39 is 0 Å². The normalized spacial score (nSPS) is 19.9. The molecule has 0 aliphatic carbocycles. The summed E-state index contributed by atoms with van der Waals surface area (Å²) in [5.41, 5.74) is 0. The molecule has 7 nitrogen and oxygen atoms in total. The molecular formula is C13H24N2O5. The number of carbonyl (C=O) groups excluding carboxylic acids is 2. The van der Waals surface area contributed by atoms with Crippen molar-refractivity contribution in [3.8, 4) is 0 Å². The molecule has 0 aromatic carbocycles. The third-order valence-electron chi connectivity index (χ3n) is 3.29. The van der Waals surface area contributed by atoms with Crippen LogP contribution in [-0.4, -0.2) is 87.9 Å². The van der Waals surface area contributed by atoms with Crippen molar-refractivity contribution in [3.05, 3.63) is 0 Å². The summed E-state index contributed by atoms with van der Waals surface area (Å²) in [7, 11) is 2.66. The topological polar surface area (TPSA) is 68.3 Å². The molecule has 0 spiro atoms. The van der Waals surface area contributed by atoms with E-state index in [-0.39, 0.29) is 31.1 Å². The highest BCUT2D eigenvalue weighted by Crippen LogP contribution is 2.07. The standard InChI is InChI=1S/C13H24N2O5/c1-4-14-5-6-20-11(7-14)8-15(9-12(16)18-2)10-13(17)19-3/h11H,4-10H2,1-3H3. The van der Waals surface area contributed by atoms with Gasteiger partial charge in [0.25, 0.3) is 0 Å². The number of nitrogens with zero attached hydrogens (tertiary/aromatic N) is 2. The second-order valence-corrected chi connectivity index (χ2v) is 4.71. The molecule has 0 saturated carbocycles. The Balaban J connectivity index is 2.53. The summed E-state index contributed by atoms with van der Waals surface area (Å²) in [6.45, 7) is 6.06. The summed E-state index contributed by atoms with van der Waals surface area (Å²) in [5, 5.41) is 0. The quantitative estimate of drug-likeness (QED) is 0.577. The second-order valence-electron chi connectivity index (χ2n) is 4.71. The Morgan fingerprint density at radius 1 is 1.25 bits per heavy atom. The van der Waals surface area contributed by atoms with Gasteiger partial charge in [-0.3, -0.25) is 19.4 Å². The summed E-state index contributed by atoms with van der Waals surface area (Å²) >= 11 is 0. The molecule has 0 radical (unpaired) electrons. The SMILES string of the molecule is CCN1CCOC(CN(CC(=O)OC)CC(=O)OC)C1. The monoisotopic (exact) mass is 288 g/mol. The van der Waals surface area contributed by atoms with Crippen molar-refractivity contribution < 1.29 is 23.8 Å². The molecule has 0 aromatic rings. The lowest BCUT2D eigenvalue weighted by atomic mass is 10.2. The lowest BCUT2D eigenvalue weighted by Gasteiger charge is -2.34. The lowest BCUT2D eigenvalue weighted by Crippen LogP contribution is -2.49. The van der Waals surface area contributed by atoms with Gasteiger partial charge >= 0.3 is 11.9 Å². The number of ether oxygens (including phenoxy) is 3. The Bertz CT molecular complexity index is 306. The van der Waals surface area contributed by atoms with Crippen LogP contribution >= 0.6 is 0 Å². The van der Waals surface area contributed by atoms with Gasteiger partial charge in [0.05, 0.1) is 40.0 Å². The zero-order valence-corrected chi connectivity index (χ0v) is 12.5. The van der Waals surface area contributed by atoms with E-state index in [0.29, 0.717) is 13.2 Å². The highest BCUT2D eigenvalue weighted by Gasteiger charge is 2.24. The summed E-state index contributed by atoms with van der Waals surface area (Å²) in [6.07, 6.45) is -0.0157. The van der Waals surface area contributed by atoms with Crippen molar-refractivity contribution in [2.75, 3.05) is 60.1 Å². The van der Waals surface area contributed by atoms with E-state index in [2.05, 4.69) is 21.3 Å². The fraction of sp³-hybridized carbons (Fsp3) is 0.846. The van der Waals surface area contributed by atoms with Crippen LogP contribution in [0.3, 0.4) is 0 Å². The first-order valence-electron chi connectivity index (χ1n) is 6.79. The number of likely N-dealkylation sites (N-methyl/N-ethyl adjacent to an activating group) is 1. The van der Waals surface area contributed by atoms with Gasteiger partial charge in [0, 0.05) is 19.6 Å². The maximum absolute atomic E-state index is 11.4. The predicted molar refractivity (Wildman–Crippen MR) is 72.3 cm³/mol. The molecule has 1 rings (SSSR count). The molecule has 7 heteroatoms. The van der Waals surface area contributed by atoms with E-state index in [0.717, 1.165) is 19.6 Å². The third kappa shape index (κ3) is 5.85. The van der Waals surface area contributed by atoms with Gasteiger partial charge in [0.15, 0.2) is 0 Å². The van der Waals surface area contributed by atoms with E-state index in [1.807, 2.05) is 0 Å². The van der Waals surface area contributed by atoms with Gasteiger partial charge in [-0.2, -0.15) is 0 Å². The van der Waals surface area contributed by atoms with Gasteiger partial charge in [0.2, 0.25) is 0 Å². The van der Waals surface area contributed by atoms with E-state index in [1.165, 1.54) is 14.2 Å². The Labute approximate surface area is 119 Å². The largest absolute Gasteiger partial charge is 0.468 e. The number of rotatable bonds is 7. The van der Waals surface area contributed by atoms with Crippen LogP contribution in [-0.2, 0) is 23.8 Å². The number of morpholine rings is 1. The Hall–Kier alpha value is -1.18. The molecule has 0 amide bonds. The smallest absolute Gasteiger partial charge is 0.319 e. The van der Waals surface area contributed by atoms with Gasteiger partial charge in [0.1, 0.15) is 0 Å². The number of hydrogen-bond acceptors (Lipinski definition) is 7. The van der Waals surface area contributed by atoms with Gasteiger partial charge < -0.3 is 14.2 Å². The Kier molecular flexibility index (Phi) is 7.50. The first-order valence-corrected chi connectivity index (χ1v) is 6.79. The maximum Gasteiger partial charge on any atom is 0.319 e. The summed E-state index contributed by atoms with van der Waals surface area (Å²) < 4.78 is 15.0. The molecule has 0 N–H and O–H groups in total. The molecule has 0 aromatic heterocycles. The van der Waals surface area contributed by atoms with Gasteiger partial charge in [-0.15, -0.1) is 0 Å². The molecular weight excluding hydrogens is 264 g/mol. The summed E-state index contributed by atoms with van der Waals surface area (Å²) in [4.78, 5) is 26.8. The molecule has 1 aliphatic heterocycles. The van der Waals surface area contributed by atoms with E-state index >= 15 is 0 Å². The van der Waals surface area contributed by atoms with Crippen LogP contribution in [0, 0.1) is 0 Å². The first-order chi connectivity index (χ1) is 9.58. The van der Waals surface area contributed by atoms with Crippen molar-refractivity contribution in [3.63, 3.8) is 0 Å². The van der Waals surface area contributed by atoms with Crippen LogP contribution in [0.5, 0.6) is 0 Å². The molecule has 116 valence electrons. The fourth-order valence-electron chi connectivity index (χ4n) is 2.15. The van der Waals surface area contributed by atoms with E-state index in [4.69, 9.17) is 4.74 Å².